The van der Waals surface area contributed by atoms with Crippen LogP contribution in [0.25, 0.3) is 0 Å². The number of hydrogen-bond acceptors (Lipinski definition) is 7. The minimum Gasteiger partial charge on any atom is -0.483 e. The third-order valence-corrected chi connectivity index (χ3v) is 5.91. The summed E-state index contributed by atoms with van der Waals surface area (Å²) in [5.41, 5.74) is -0.0639. The molecule has 1 atom stereocenters. The predicted molar refractivity (Wildman–Crippen MR) is 91.6 cm³/mol. The molecule has 1 heterocycles. The first-order chi connectivity index (χ1) is 11.8. The van der Waals surface area contributed by atoms with Crippen molar-refractivity contribution in [2.75, 3.05) is 24.7 Å². The van der Waals surface area contributed by atoms with Gasteiger partial charge in [-0.05, 0) is 24.9 Å². The fraction of sp³-hybridized carbons (Fsp3) is 0.467. The number of carbonyl (C=O) groups is 2. The van der Waals surface area contributed by atoms with E-state index in [-0.39, 0.29) is 40.9 Å². The Labute approximate surface area is 146 Å². The Hall–Kier alpha value is -1.91. The van der Waals surface area contributed by atoms with Crippen LogP contribution in [0.4, 0.5) is 0 Å². The second-order valence-corrected chi connectivity index (χ2v) is 8.00. The number of likely N-dealkylation sites (N-methyl/N-ethyl adjacent to an activating group) is 1. The van der Waals surface area contributed by atoms with Crippen LogP contribution in [0.15, 0.2) is 18.2 Å². The molecule has 1 fully saturated rings. The van der Waals surface area contributed by atoms with Crippen molar-refractivity contribution >= 4 is 34.6 Å². The summed E-state index contributed by atoms with van der Waals surface area (Å²) in [6.07, 6.45) is 0.823. The van der Waals surface area contributed by atoms with Gasteiger partial charge in [-0.2, -0.15) is 0 Å². The maximum atomic E-state index is 12.4. The van der Waals surface area contributed by atoms with Crippen LogP contribution in [0.3, 0.4) is 0 Å². The lowest BCUT2D eigenvalue weighted by Crippen LogP contribution is -2.43. The van der Waals surface area contributed by atoms with Crippen LogP contribution in [0.1, 0.15) is 23.7 Å². The summed E-state index contributed by atoms with van der Waals surface area (Å²) in [5, 5.41) is 18.5. The molecule has 1 aromatic rings. The van der Waals surface area contributed by atoms with E-state index in [1.807, 2.05) is 0 Å². The van der Waals surface area contributed by atoms with Crippen LogP contribution in [-0.4, -0.2) is 73.4 Å². The van der Waals surface area contributed by atoms with Gasteiger partial charge in [0.15, 0.2) is 22.7 Å². The summed E-state index contributed by atoms with van der Waals surface area (Å²) in [5.74, 6) is -0.327. The van der Waals surface area contributed by atoms with E-state index < -0.39 is 22.9 Å². The minimum atomic E-state index is -3.11. The van der Waals surface area contributed by atoms with E-state index in [0.717, 1.165) is 0 Å². The molecular weight excluding hydrogens is 349 g/mol. The van der Waals surface area contributed by atoms with Crippen LogP contribution in [0.5, 0.6) is 5.75 Å². The Morgan fingerprint density at radius 2 is 2.16 bits per heavy atom. The number of amides is 1. The van der Waals surface area contributed by atoms with Gasteiger partial charge in [-0.25, -0.2) is 8.42 Å². The lowest BCUT2D eigenvalue weighted by atomic mass is 9.77. The monoisotopic (exact) mass is 369 g/mol. The standard InChI is InChI=1S/C15H20BNO7S/c1-2-17(11-6-7-25(22,23)10-11)15(19)9-24-14-5-3-4-13(16(20)21)12(14)8-18/h3-5,8,11,20-21H,2,6-7,9-10H2,1H3. The van der Waals surface area contributed by atoms with Gasteiger partial charge in [-0.3, -0.25) is 9.59 Å². The molecule has 0 saturated carbocycles. The molecule has 2 rings (SSSR count). The van der Waals surface area contributed by atoms with Gasteiger partial charge in [0.25, 0.3) is 5.91 Å². The average molecular weight is 369 g/mol. The summed E-state index contributed by atoms with van der Waals surface area (Å²) in [7, 11) is -4.95. The zero-order valence-corrected chi connectivity index (χ0v) is 14.6. The second-order valence-electron chi connectivity index (χ2n) is 5.78. The maximum Gasteiger partial charge on any atom is 0.489 e. The molecule has 1 aliphatic heterocycles. The van der Waals surface area contributed by atoms with Crippen molar-refractivity contribution < 1.29 is 32.8 Å². The first kappa shape index (κ1) is 19.4. The summed E-state index contributed by atoms with van der Waals surface area (Å²) in [6, 6.07) is 3.91. The zero-order chi connectivity index (χ0) is 18.6. The molecule has 2 N–H and O–H groups in total. The summed E-state index contributed by atoms with van der Waals surface area (Å²) < 4.78 is 28.6. The Balaban J connectivity index is 2.09. The minimum absolute atomic E-state index is 0.0193. The molecule has 25 heavy (non-hydrogen) atoms. The van der Waals surface area contributed by atoms with Crippen molar-refractivity contribution in [3.05, 3.63) is 23.8 Å². The number of aldehydes is 1. The molecule has 0 aliphatic carbocycles. The van der Waals surface area contributed by atoms with Crippen molar-refractivity contribution in [2.24, 2.45) is 0 Å². The number of nitrogens with zero attached hydrogens (tertiary/aromatic N) is 1. The Bertz CT molecular complexity index is 750. The molecule has 1 aliphatic rings. The number of hydrogen-bond donors (Lipinski definition) is 2. The smallest absolute Gasteiger partial charge is 0.483 e. The summed E-state index contributed by atoms with van der Waals surface area (Å²) in [4.78, 5) is 25.0. The Morgan fingerprint density at radius 1 is 1.44 bits per heavy atom. The number of carbonyl (C=O) groups excluding carboxylic acids is 2. The molecule has 1 saturated heterocycles. The fourth-order valence-electron chi connectivity index (χ4n) is 2.92. The van der Waals surface area contributed by atoms with Crippen LogP contribution in [-0.2, 0) is 14.6 Å². The number of ether oxygens (including phenoxy) is 1. The molecule has 8 nitrogen and oxygen atoms in total. The van der Waals surface area contributed by atoms with Gasteiger partial charge in [-0.1, -0.05) is 12.1 Å². The molecule has 0 radical (unpaired) electrons. The fourth-order valence-corrected chi connectivity index (χ4v) is 4.65. The molecule has 136 valence electrons. The number of benzene rings is 1. The van der Waals surface area contributed by atoms with E-state index in [1.54, 1.807) is 6.92 Å². The van der Waals surface area contributed by atoms with Crippen molar-refractivity contribution in [1.29, 1.82) is 0 Å². The Kier molecular flexibility index (Phi) is 6.20. The zero-order valence-electron chi connectivity index (χ0n) is 13.8. The molecular formula is C15H20BNO7S. The highest BCUT2D eigenvalue weighted by Crippen LogP contribution is 2.19. The number of rotatable bonds is 7. The predicted octanol–water partition coefficient (Wildman–Crippen LogP) is -1.41. The van der Waals surface area contributed by atoms with Crippen LogP contribution in [0.2, 0.25) is 0 Å². The highest BCUT2D eigenvalue weighted by Gasteiger charge is 2.34. The van der Waals surface area contributed by atoms with Crippen molar-refractivity contribution in [3.63, 3.8) is 0 Å². The van der Waals surface area contributed by atoms with Gasteiger partial charge in [0, 0.05) is 12.6 Å². The van der Waals surface area contributed by atoms with Gasteiger partial charge in [0.2, 0.25) is 0 Å². The lowest BCUT2D eigenvalue weighted by molar-refractivity contribution is -0.135. The van der Waals surface area contributed by atoms with Crippen molar-refractivity contribution in [3.8, 4) is 5.75 Å². The van der Waals surface area contributed by atoms with Gasteiger partial charge in [-0.15, -0.1) is 0 Å². The average Bonchev–Trinajstić information content (AvgIpc) is 2.92. The molecule has 1 aromatic carbocycles. The van der Waals surface area contributed by atoms with Gasteiger partial charge >= 0.3 is 7.12 Å². The highest BCUT2D eigenvalue weighted by molar-refractivity contribution is 7.91. The molecule has 0 spiro atoms. The molecule has 10 heteroatoms. The normalized spacial score (nSPS) is 18.6. The van der Waals surface area contributed by atoms with Crippen LogP contribution >= 0.6 is 0 Å². The van der Waals surface area contributed by atoms with E-state index in [9.17, 15) is 28.1 Å². The van der Waals surface area contributed by atoms with Gasteiger partial charge in [0.1, 0.15) is 5.75 Å². The molecule has 1 unspecified atom stereocenters. The van der Waals surface area contributed by atoms with Crippen LogP contribution in [0, 0.1) is 0 Å². The van der Waals surface area contributed by atoms with E-state index in [1.165, 1.54) is 23.1 Å². The number of sulfone groups is 1. The quantitative estimate of drug-likeness (QED) is 0.448. The van der Waals surface area contributed by atoms with Gasteiger partial charge < -0.3 is 19.7 Å². The van der Waals surface area contributed by atoms with E-state index >= 15 is 0 Å². The molecule has 0 bridgehead atoms. The summed E-state index contributed by atoms with van der Waals surface area (Å²) in [6.45, 7) is 1.72. The SMILES string of the molecule is CCN(C(=O)COc1cccc(B(O)O)c1C=O)C1CCS(=O)(=O)C1. The maximum absolute atomic E-state index is 12.4. The first-order valence-corrected chi connectivity index (χ1v) is 9.68. The van der Waals surface area contributed by atoms with Crippen molar-refractivity contribution in [1.82, 2.24) is 4.90 Å². The van der Waals surface area contributed by atoms with Gasteiger partial charge in [0.05, 0.1) is 17.1 Å². The van der Waals surface area contributed by atoms with Crippen LogP contribution < -0.4 is 10.2 Å². The second kappa shape index (κ2) is 7.98. The topological polar surface area (TPSA) is 121 Å². The van der Waals surface area contributed by atoms with E-state index in [2.05, 4.69) is 0 Å². The molecule has 1 amide bonds. The Morgan fingerprint density at radius 3 is 2.68 bits per heavy atom. The highest BCUT2D eigenvalue weighted by atomic mass is 32.2. The first-order valence-electron chi connectivity index (χ1n) is 7.86. The third-order valence-electron chi connectivity index (χ3n) is 4.16. The third kappa shape index (κ3) is 4.59. The van der Waals surface area contributed by atoms with Crippen molar-refractivity contribution in [2.45, 2.75) is 19.4 Å². The van der Waals surface area contributed by atoms with E-state index in [4.69, 9.17) is 4.74 Å². The van der Waals surface area contributed by atoms with E-state index in [0.29, 0.717) is 19.3 Å². The summed E-state index contributed by atoms with van der Waals surface area (Å²) >= 11 is 0. The molecule has 0 aromatic heterocycles. The largest absolute Gasteiger partial charge is 0.489 e. The lowest BCUT2D eigenvalue weighted by Gasteiger charge is -2.27.